The predicted octanol–water partition coefficient (Wildman–Crippen LogP) is 3.88. The Kier molecular flexibility index (Phi) is 7.17. The van der Waals surface area contributed by atoms with Crippen LogP contribution in [0.4, 0.5) is 13.6 Å². The summed E-state index contributed by atoms with van der Waals surface area (Å²) >= 11 is 0.795. The van der Waals surface area contributed by atoms with E-state index >= 15 is 0 Å². The molecule has 0 spiro atoms. The minimum Gasteiger partial charge on any atom is -0.435 e. The first-order chi connectivity index (χ1) is 13.1. The van der Waals surface area contributed by atoms with Crippen molar-refractivity contribution in [3.63, 3.8) is 0 Å². The summed E-state index contributed by atoms with van der Waals surface area (Å²) in [4.78, 5) is 37.9. The Hall–Kier alpha value is -2.42. The van der Waals surface area contributed by atoms with Gasteiger partial charge in [0, 0.05) is 18.5 Å². The topological polar surface area (TPSA) is 75.7 Å². The number of hydrogen-bond acceptors (Lipinski definition) is 5. The van der Waals surface area contributed by atoms with Gasteiger partial charge in [-0.05, 0) is 42.0 Å². The fourth-order valence-corrected chi connectivity index (χ4v) is 3.14. The van der Waals surface area contributed by atoms with Gasteiger partial charge in [-0.25, -0.2) is 0 Å². The number of thioether (sulfide) groups is 1. The highest BCUT2D eigenvalue weighted by Crippen LogP contribution is 2.32. The van der Waals surface area contributed by atoms with E-state index in [1.165, 1.54) is 30.3 Å². The zero-order valence-electron chi connectivity index (χ0n) is 15.8. The molecular formula is C19H22F2N2O4S. The highest BCUT2D eigenvalue weighted by Gasteiger charge is 2.35. The molecule has 1 saturated heterocycles. The van der Waals surface area contributed by atoms with E-state index < -0.39 is 23.2 Å². The number of alkyl halides is 2. The molecule has 1 aromatic carbocycles. The first kappa shape index (κ1) is 21.9. The second-order valence-corrected chi connectivity index (χ2v) is 7.77. The summed E-state index contributed by atoms with van der Waals surface area (Å²) in [5.74, 6) is -0.582. The van der Waals surface area contributed by atoms with E-state index in [2.05, 4.69) is 10.1 Å². The number of halogens is 2. The number of hydrogen-bond donors (Lipinski definition) is 1. The van der Waals surface area contributed by atoms with Crippen molar-refractivity contribution in [1.29, 1.82) is 0 Å². The molecule has 1 aliphatic rings. The molecule has 0 atom stereocenters. The van der Waals surface area contributed by atoms with E-state index in [-0.39, 0.29) is 29.7 Å². The van der Waals surface area contributed by atoms with E-state index in [1.807, 2.05) is 20.8 Å². The number of imide groups is 1. The molecule has 3 amide bonds. The van der Waals surface area contributed by atoms with E-state index in [1.54, 1.807) is 0 Å². The van der Waals surface area contributed by atoms with Gasteiger partial charge in [-0.3, -0.25) is 19.3 Å². The Morgan fingerprint density at radius 3 is 2.50 bits per heavy atom. The average molecular weight is 412 g/mol. The minimum absolute atomic E-state index is 0.00556. The molecule has 1 aliphatic heterocycles. The van der Waals surface area contributed by atoms with Gasteiger partial charge in [-0.15, -0.1) is 0 Å². The van der Waals surface area contributed by atoms with Crippen molar-refractivity contribution in [3.8, 4) is 5.75 Å². The van der Waals surface area contributed by atoms with Crippen LogP contribution in [0.5, 0.6) is 5.75 Å². The smallest absolute Gasteiger partial charge is 0.387 e. The first-order valence-corrected chi connectivity index (χ1v) is 9.54. The molecule has 0 bridgehead atoms. The van der Waals surface area contributed by atoms with Crippen molar-refractivity contribution >= 4 is 34.9 Å². The lowest BCUT2D eigenvalue weighted by molar-refractivity contribution is -0.130. The Morgan fingerprint density at radius 1 is 1.29 bits per heavy atom. The molecule has 6 nitrogen and oxygen atoms in total. The Bertz CT molecular complexity index is 779. The van der Waals surface area contributed by atoms with Crippen molar-refractivity contribution in [3.05, 3.63) is 34.7 Å². The molecule has 0 radical (unpaired) electrons. The minimum atomic E-state index is -2.91. The van der Waals surface area contributed by atoms with E-state index in [0.717, 1.165) is 16.7 Å². The van der Waals surface area contributed by atoms with Gasteiger partial charge in [0.15, 0.2) is 0 Å². The van der Waals surface area contributed by atoms with Crippen LogP contribution >= 0.6 is 11.8 Å². The molecule has 0 aliphatic carbocycles. The lowest BCUT2D eigenvalue weighted by Gasteiger charge is -2.22. The quantitative estimate of drug-likeness (QED) is 0.656. The van der Waals surface area contributed by atoms with Gasteiger partial charge in [0.1, 0.15) is 5.75 Å². The van der Waals surface area contributed by atoms with Crippen LogP contribution in [0, 0.1) is 5.41 Å². The normalized spacial score (nSPS) is 16.2. The first-order valence-electron chi connectivity index (χ1n) is 8.72. The third-order valence-electron chi connectivity index (χ3n) is 4.40. The molecule has 1 N–H and O–H groups in total. The number of carbonyl (C=O) groups is 3. The standard InChI is InChI=1S/C19H22F2N2O4S/c1-4-19(2,3)16(25)22-9-10-23-15(24)14(28-18(23)26)11-12-5-7-13(8-6-12)27-17(20)21/h5-8,11,17H,4,9-10H2,1-3H3,(H,22,25)/b14-11+. The highest BCUT2D eigenvalue weighted by atomic mass is 32.2. The maximum atomic E-state index is 12.4. The SMILES string of the molecule is CCC(C)(C)C(=O)NCCN1C(=O)S/C(=C/c2ccc(OC(F)F)cc2)C1=O. The molecular weight excluding hydrogens is 390 g/mol. The van der Waals surface area contributed by atoms with Crippen LogP contribution in [0.15, 0.2) is 29.2 Å². The Morgan fingerprint density at radius 2 is 1.93 bits per heavy atom. The Labute approximate surface area is 166 Å². The largest absolute Gasteiger partial charge is 0.435 e. The van der Waals surface area contributed by atoms with Gasteiger partial charge in [-0.2, -0.15) is 8.78 Å². The lowest BCUT2D eigenvalue weighted by Crippen LogP contribution is -2.42. The van der Waals surface area contributed by atoms with E-state index in [4.69, 9.17) is 0 Å². The summed E-state index contributed by atoms with van der Waals surface area (Å²) in [6, 6.07) is 5.73. The van der Waals surface area contributed by atoms with E-state index in [0.29, 0.717) is 12.0 Å². The summed E-state index contributed by atoms with van der Waals surface area (Å²) in [5.41, 5.74) is 0.0593. The van der Waals surface area contributed by atoms with Crippen molar-refractivity contribution in [2.24, 2.45) is 5.41 Å². The van der Waals surface area contributed by atoms with Crippen LogP contribution in [-0.2, 0) is 9.59 Å². The van der Waals surface area contributed by atoms with Gasteiger partial charge < -0.3 is 10.1 Å². The molecule has 1 heterocycles. The zero-order chi connectivity index (χ0) is 20.9. The summed E-state index contributed by atoms with van der Waals surface area (Å²) < 4.78 is 28.6. The van der Waals surface area contributed by atoms with Gasteiger partial charge in [-0.1, -0.05) is 32.9 Å². The molecule has 0 aromatic heterocycles. The van der Waals surface area contributed by atoms with Crippen molar-refractivity contribution in [2.75, 3.05) is 13.1 Å². The number of nitrogens with one attached hydrogen (secondary N) is 1. The zero-order valence-corrected chi connectivity index (χ0v) is 16.6. The maximum Gasteiger partial charge on any atom is 0.387 e. The number of nitrogens with zero attached hydrogens (tertiary/aromatic N) is 1. The van der Waals surface area contributed by atoms with E-state index in [9.17, 15) is 23.2 Å². The molecule has 1 fully saturated rings. The van der Waals surface area contributed by atoms with Crippen LogP contribution in [0.25, 0.3) is 6.08 Å². The fourth-order valence-electron chi connectivity index (χ4n) is 2.27. The van der Waals surface area contributed by atoms with Crippen LogP contribution in [0.1, 0.15) is 32.8 Å². The van der Waals surface area contributed by atoms with Crippen molar-refractivity contribution in [2.45, 2.75) is 33.8 Å². The molecule has 2 rings (SSSR count). The summed E-state index contributed by atoms with van der Waals surface area (Å²) in [5, 5.41) is 2.32. The monoisotopic (exact) mass is 412 g/mol. The number of carbonyl (C=O) groups excluding carboxylic acids is 3. The number of benzene rings is 1. The third-order valence-corrected chi connectivity index (χ3v) is 5.30. The third kappa shape index (κ3) is 5.54. The van der Waals surface area contributed by atoms with Gasteiger partial charge in [0.25, 0.3) is 11.1 Å². The predicted molar refractivity (Wildman–Crippen MR) is 103 cm³/mol. The lowest BCUT2D eigenvalue weighted by atomic mass is 9.89. The van der Waals surface area contributed by atoms with Crippen molar-refractivity contribution in [1.82, 2.24) is 10.2 Å². The average Bonchev–Trinajstić information content (AvgIpc) is 2.90. The molecule has 0 saturated carbocycles. The van der Waals surface area contributed by atoms with Gasteiger partial charge in [0.05, 0.1) is 4.91 Å². The molecule has 0 unspecified atom stereocenters. The summed E-state index contributed by atoms with van der Waals surface area (Å²) in [7, 11) is 0. The molecule has 152 valence electrons. The van der Waals surface area contributed by atoms with Crippen molar-refractivity contribution < 1.29 is 27.9 Å². The number of amides is 3. The second-order valence-electron chi connectivity index (χ2n) is 6.77. The van der Waals surface area contributed by atoms with Crippen LogP contribution < -0.4 is 10.1 Å². The maximum absolute atomic E-state index is 12.4. The van der Waals surface area contributed by atoms with Crippen LogP contribution in [-0.4, -0.2) is 41.7 Å². The Balaban J connectivity index is 1.97. The highest BCUT2D eigenvalue weighted by molar-refractivity contribution is 8.18. The summed E-state index contributed by atoms with van der Waals surface area (Å²) in [6.45, 7) is 2.89. The molecule has 28 heavy (non-hydrogen) atoms. The van der Waals surface area contributed by atoms with Crippen LogP contribution in [0.2, 0.25) is 0 Å². The summed E-state index contributed by atoms with van der Waals surface area (Å²) in [6.07, 6.45) is 2.18. The van der Waals surface area contributed by atoms with Gasteiger partial charge in [0.2, 0.25) is 5.91 Å². The second kappa shape index (κ2) is 9.18. The van der Waals surface area contributed by atoms with Crippen LogP contribution in [0.3, 0.4) is 0 Å². The molecule has 1 aromatic rings. The fraction of sp³-hybridized carbons (Fsp3) is 0.421. The van der Waals surface area contributed by atoms with Gasteiger partial charge >= 0.3 is 6.61 Å². The number of ether oxygens (including phenoxy) is 1. The number of rotatable bonds is 8. The molecule has 9 heteroatoms.